The number of hydrogen-bond donors (Lipinski definition) is 1. The molecule has 0 saturated carbocycles. The van der Waals surface area contributed by atoms with E-state index in [0.29, 0.717) is 34.1 Å². The fourth-order valence-electron chi connectivity index (χ4n) is 3.41. The van der Waals surface area contributed by atoms with Crippen LogP contribution in [0.15, 0.2) is 78.9 Å². The number of ether oxygens (including phenoxy) is 1. The highest BCUT2D eigenvalue weighted by molar-refractivity contribution is 6.30. The molecule has 166 valence electrons. The van der Waals surface area contributed by atoms with Crippen LogP contribution in [0.25, 0.3) is 22.2 Å². The van der Waals surface area contributed by atoms with Crippen molar-refractivity contribution in [2.24, 2.45) is 0 Å². The molecule has 0 radical (unpaired) electrons. The van der Waals surface area contributed by atoms with E-state index >= 15 is 0 Å². The lowest BCUT2D eigenvalue weighted by molar-refractivity contribution is 0.0499. The molecular formula is C27H23ClN2O3. The fraction of sp³-hybridized carbons (Fsp3) is 0.148. The highest BCUT2D eigenvalue weighted by atomic mass is 35.5. The Labute approximate surface area is 197 Å². The molecule has 33 heavy (non-hydrogen) atoms. The first-order valence-electron chi connectivity index (χ1n) is 10.8. The van der Waals surface area contributed by atoms with Crippen LogP contribution < -0.4 is 5.32 Å². The molecule has 1 N–H and O–H groups in total. The van der Waals surface area contributed by atoms with Crippen molar-refractivity contribution < 1.29 is 14.3 Å². The molecule has 6 heteroatoms. The Kier molecular flexibility index (Phi) is 7.01. The van der Waals surface area contributed by atoms with E-state index in [1.165, 1.54) is 0 Å². The van der Waals surface area contributed by atoms with Crippen molar-refractivity contribution in [1.29, 1.82) is 0 Å². The van der Waals surface area contributed by atoms with Crippen LogP contribution in [0.1, 0.15) is 40.5 Å². The van der Waals surface area contributed by atoms with Crippen molar-refractivity contribution in [3.05, 3.63) is 95.0 Å². The number of pyridine rings is 1. The van der Waals surface area contributed by atoms with Gasteiger partial charge in [-0.1, -0.05) is 55.3 Å². The van der Waals surface area contributed by atoms with Gasteiger partial charge >= 0.3 is 5.97 Å². The zero-order valence-corrected chi connectivity index (χ0v) is 18.9. The molecule has 1 amide bonds. The van der Waals surface area contributed by atoms with Gasteiger partial charge in [0.1, 0.15) is 0 Å². The summed E-state index contributed by atoms with van der Waals surface area (Å²) >= 11 is 6.01. The second-order valence-electron chi connectivity index (χ2n) is 7.60. The summed E-state index contributed by atoms with van der Waals surface area (Å²) in [5.74, 6) is -0.629. The highest BCUT2D eigenvalue weighted by Crippen LogP contribution is 2.26. The van der Waals surface area contributed by atoms with E-state index in [4.69, 9.17) is 21.3 Å². The number of carbonyl (C=O) groups is 2. The van der Waals surface area contributed by atoms with Crippen molar-refractivity contribution in [2.75, 3.05) is 11.9 Å². The van der Waals surface area contributed by atoms with Gasteiger partial charge in [0.2, 0.25) is 0 Å². The molecule has 0 unspecified atom stereocenters. The average molecular weight is 459 g/mol. The Morgan fingerprint density at radius 1 is 0.970 bits per heavy atom. The zero-order chi connectivity index (χ0) is 23.2. The number of anilines is 1. The van der Waals surface area contributed by atoms with E-state index < -0.39 is 0 Å². The number of nitrogens with zero attached hydrogens (tertiary/aromatic N) is 1. The van der Waals surface area contributed by atoms with Crippen LogP contribution in [0.3, 0.4) is 0 Å². The summed E-state index contributed by atoms with van der Waals surface area (Å²) in [5.41, 5.74) is 3.81. The molecule has 0 saturated heterocycles. The molecule has 0 bridgehead atoms. The second-order valence-corrected chi connectivity index (χ2v) is 8.04. The predicted octanol–water partition coefficient (Wildman–Crippen LogP) is 6.76. The van der Waals surface area contributed by atoms with Gasteiger partial charge in [0.25, 0.3) is 5.91 Å². The molecule has 1 heterocycles. The number of amides is 1. The molecule has 0 fully saturated rings. The summed E-state index contributed by atoms with van der Waals surface area (Å²) in [6, 6.07) is 23.3. The molecule has 1 aromatic heterocycles. The third-order valence-corrected chi connectivity index (χ3v) is 5.46. The monoisotopic (exact) mass is 458 g/mol. The summed E-state index contributed by atoms with van der Waals surface area (Å²) in [6.45, 7) is 2.44. The number of rotatable bonds is 7. The molecule has 5 nitrogen and oxygen atoms in total. The Morgan fingerprint density at radius 2 is 1.70 bits per heavy atom. The summed E-state index contributed by atoms with van der Waals surface area (Å²) in [4.78, 5) is 30.0. The smallest absolute Gasteiger partial charge is 0.338 e. The number of fused-ring (bicyclic) bond motifs is 1. The van der Waals surface area contributed by atoms with Gasteiger partial charge in [-0.25, -0.2) is 9.78 Å². The molecule has 0 atom stereocenters. The maximum absolute atomic E-state index is 13.2. The van der Waals surface area contributed by atoms with E-state index in [0.717, 1.165) is 29.3 Å². The van der Waals surface area contributed by atoms with Crippen LogP contribution in [0.4, 0.5) is 5.69 Å². The number of carbonyl (C=O) groups excluding carboxylic acids is 2. The molecule has 0 spiro atoms. The van der Waals surface area contributed by atoms with Crippen LogP contribution in [-0.2, 0) is 4.74 Å². The quantitative estimate of drug-likeness (QED) is 0.245. The van der Waals surface area contributed by atoms with Gasteiger partial charge < -0.3 is 10.1 Å². The van der Waals surface area contributed by atoms with Gasteiger partial charge in [0.05, 0.1) is 28.9 Å². The number of hydrogen-bond acceptors (Lipinski definition) is 4. The first kappa shape index (κ1) is 22.5. The normalized spacial score (nSPS) is 10.7. The van der Waals surface area contributed by atoms with Crippen LogP contribution in [0.2, 0.25) is 5.02 Å². The number of nitrogens with one attached hydrogen (secondary N) is 1. The van der Waals surface area contributed by atoms with Gasteiger partial charge in [-0.3, -0.25) is 4.79 Å². The number of halogens is 1. The Morgan fingerprint density at radius 3 is 2.42 bits per heavy atom. The van der Waals surface area contributed by atoms with Crippen LogP contribution in [-0.4, -0.2) is 23.5 Å². The number of unbranched alkanes of at least 4 members (excludes halogenated alkanes) is 1. The minimum absolute atomic E-state index is 0.262. The van der Waals surface area contributed by atoms with Crippen molar-refractivity contribution >= 4 is 40.1 Å². The molecule has 4 rings (SSSR count). The Hall–Kier alpha value is -3.70. The van der Waals surface area contributed by atoms with Gasteiger partial charge in [-0.2, -0.15) is 0 Å². The van der Waals surface area contributed by atoms with Gasteiger partial charge in [-0.15, -0.1) is 0 Å². The minimum Gasteiger partial charge on any atom is -0.462 e. The molecule has 0 aliphatic carbocycles. The average Bonchev–Trinajstić information content (AvgIpc) is 2.84. The van der Waals surface area contributed by atoms with Crippen molar-refractivity contribution in [2.45, 2.75) is 19.8 Å². The Bertz CT molecular complexity index is 1290. The SMILES string of the molecule is CCCCOC(=O)c1ccc(NC(=O)c2cc(-c3ccc(Cl)cc3)nc3ccccc23)cc1. The number of para-hydroxylation sites is 1. The molecule has 0 aliphatic rings. The largest absolute Gasteiger partial charge is 0.462 e. The summed E-state index contributed by atoms with van der Waals surface area (Å²) in [7, 11) is 0. The number of benzene rings is 3. The van der Waals surface area contributed by atoms with Crippen molar-refractivity contribution in [3.63, 3.8) is 0 Å². The predicted molar refractivity (Wildman–Crippen MR) is 132 cm³/mol. The van der Waals surface area contributed by atoms with Crippen LogP contribution in [0.5, 0.6) is 0 Å². The summed E-state index contributed by atoms with van der Waals surface area (Å²) in [6.07, 6.45) is 1.79. The van der Waals surface area contributed by atoms with E-state index in [9.17, 15) is 9.59 Å². The molecule has 0 aliphatic heterocycles. The van der Waals surface area contributed by atoms with Gasteiger partial charge in [-0.05, 0) is 55.0 Å². The first-order valence-corrected chi connectivity index (χ1v) is 11.2. The molecular weight excluding hydrogens is 436 g/mol. The van der Waals surface area contributed by atoms with Gasteiger partial charge in [0.15, 0.2) is 0 Å². The van der Waals surface area contributed by atoms with E-state index in [-0.39, 0.29) is 11.9 Å². The van der Waals surface area contributed by atoms with Crippen LogP contribution in [0, 0.1) is 0 Å². The van der Waals surface area contributed by atoms with Gasteiger partial charge in [0, 0.05) is 21.7 Å². The highest BCUT2D eigenvalue weighted by Gasteiger charge is 2.15. The maximum Gasteiger partial charge on any atom is 0.338 e. The summed E-state index contributed by atoms with van der Waals surface area (Å²) in [5, 5.41) is 4.30. The van der Waals surface area contributed by atoms with E-state index in [1.54, 1.807) is 42.5 Å². The second kappa shape index (κ2) is 10.3. The number of esters is 1. The zero-order valence-electron chi connectivity index (χ0n) is 18.2. The van der Waals surface area contributed by atoms with E-state index in [1.807, 2.05) is 43.3 Å². The molecule has 3 aromatic carbocycles. The third kappa shape index (κ3) is 5.38. The lowest BCUT2D eigenvalue weighted by Gasteiger charge is -2.11. The molecule has 4 aromatic rings. The van der Waals surface area contributed by atoms with Crippen molar-refractivity contribution in [3.8, 4) is 11.3 Å². The number of aromatic nitrogens is 1. The lowest BCUT2D eigenvalue weighted by Crippen LogP contribution is -2.13. The minimum atomic E-state index is -0.367. The Balaban J connectivity index is 1.59. The first-order chi connectivity index (χ1) is 16.0. The maximum atomic E-state index is 13.2. The third-order valence-electron chi connectivity index (χ3n) is 5.21. The van der Waals surface area contributed by atoms with Crippen molar-refractivity contribution in [1.82, 2.24) is 4.98 Å². The van der Waals surface area contributed by atoms with Crippen LogP contribution >= 0.6 is 11.6 Å². The standard InChI is InChI=1S/C27H23ClN2O3/c1-2-3-16-33-27(32)19-10-14-21(15-11-19)29-26(31)23-17-25(18-8-12-20(28)13-9-18)30-24-7-5-4-6-22(23)24/h4-15,17H,2-3,16H2,1H3,(H,29,31). The summed E-state index contributed by atoms with van der Waals surface area (Å²) < 4.78 is 5.23. The van der Waals surface area contributed by atoms with E-state index in [2.05, 4.69) is 5.32 Å². The lowest BCUT2D eigenvalue weighted by atomic mass is 10.0. The fourth-order valence-corrected chi connectivity index (χ4v) is 3.54. The topological polar surface area (TPSA) is 68.3 Å².